The Morgan fingerprint density at radius 2 is 1.96 bits per heavy atom. The fourth-order valence-corrected chi connectivity index (χ4v) is 3.38. The van der Waals surface area contributed by atoms with Crippen molar-refractivity contribution in [1.82, 2.24) is 10.2 Å². The number of nitrogens with zero attached hydrogens (tertiary/aromatic N) is 1. The Balaban J connectivity index is 2.13. The normalized spacial score (nSPS) is 21.5. The summed E-state index contributed by atoms with van der Waals surface area (Å²) in [6.45, 7) is 2.56. The molecule has 5 nitrogen and oxygen atoms in total. The SMILES string of the molecule is C[C@@H]1CCN(C(=O)NC/C=C/S(C)(=O)=O)[C@H](c2cc(F)cc(F)c2)C1. The molecule has 25 heavy (non-hydrogen) atoms. The van der Waals surface area contributed by atoms with E-state index in [1.807, 2.05) is 6.92 Å². The minimum Gasteiger partial charge on any atom is -0.334 e. The lowest BCUT2D eigenvalue weighted by atomic mass is 9.88. The predicted octanol–water partition coefficient (Wildman–Crippen LogP) is 3.01. The van der Waals surface area contributed by atoms with Gasteiger partial charge in [0.2, 0.25) is 0 Å². The van der Waals surface area contributed by atoms with Gasteiger partial charge in [0.1, 0.15) is 11.6 Å². The van der Waals surface area contributed by atoms with Crippen LogP contribution in [0.15, 0.2) is 29.7 Å². The van der Waals surface area contributed by atoms with Crippen LogP contribution in [0, 0.1) is 17.6 Å². The average molecular weight is 372 g/mol. The van der Waals surface area contributed by atoms with Gasteiger partial charge in [-0.25, -0.2) is 22.0 Å². The third-order valence-electron chi connectivity index (χ3n) is 4.11. The number of rotatable bonds is 4. The molecule has 2 amide bonds. The lowest BCUT2D eigenvalue weighted by molar-refractivity contribution is 0.132. The smallest absolute Gasteiger partial charge is 0.318 e. The molecule has 0 aliphatic carbocycles. The molecule has 1 saturated heterocycles. The minimum atomic E-state index is -3.25. The van der Waals surface area contributed by atoms with Gasteiger partial charge in [-0.15, -0.1) is 0 Å². The number of sulfone groups is 1. The first-order valence-electron chi connectivity index (χ1n) is 8.03. The Labute approximate surface area is 146 Å². The number of piperidine rings is 1. The van der Waals surface area contributed by atoms with Crippen molar-refractivity contribution < 1.29 is 22.0 Å². The molecule has 1 aliphatic rings. The number of urea groups is 1. The van der Waals surface area contributed by atoms with Gasteiger partial charge in [-0.1, -0.05) is 13.0 Å². The molecule has 8 heteroatoms. The summed E-state index contributed by atoms with van der Waals surface area (Å²) >= 11 is 0. The van der Waals surface area contributed by atoms with Gasteiger partial charge in [0.05, 0.1) is 6.04 Å². The van der Waals surface area contributed by atoms with Crippen LogP contribution in [0.5, 0.6) is 0 Å². The van der Waals surface area contributed by atoms with Crippen molar-refractivity contribution >= 4 is 15.9 Å². The Kier molecular flexibility index (Phi) is 6.16. The fraction of sp³-hybridized carbons (Fsp3) is 0.471. The number of halogens is 2. The highest BCUT2D eigenvalue weighted by molar-refractivity contribution is 7.93. The molecule has 0 saturated carbocycles. The predicted molar refractivity (Wildman–Crippen MR) is 91.6 cm³/mol. The number of hydrogen-bond donors (Lipinski definition) is 1. The molecule has 1 heterocycles. The summed E-state index contributed by atoms with van der Waals surface area (Å²) in [4.78, 5) is 14.0. The van der Waals surface area contributed by atoms with Gasteiger partial charge in [-0.3, -0.25) is 0 Å². The van der Waals surface area contributed by atoms with Crippen molar-refractivity contribution in [2.24, 2.45) is 5.92 Å². The molecule has 1 fully saturated rings. The summed E-state index contributed by atoms with van der Waals surface area (Å²) in [5, 5.41) is 3.64. The molecule has 0 radical (unpaired) electrons. The maximum Gasteiger partial charge on any atom is 0.318 e. The first-order valence-corrected chi connectivity index (χ1v) is 9.98. The van der Waals surface area contributed by atoms with Crippen molar-refractivity contribution in [2.75, 3.05) is 19.3 Å². The molecular weight excluding hydrogens is 350 g/mol. The number of nitrogens with one attached hydrogen (secondary N) is 1. The molecule has 1 aliphatic heterocycles. The van der Waals surface area contributed by atoms with E-state index in [4.69, 9.17) is 0 Å². The lowest BCUT2D eigenvalue weighted by Gasteiger charge is -2.38. The van der Waals surface area contributed by atoms with Crippen molar-refractivity contribution in [2.45, 2.75) is 25.8 Å². The molecule has 0 unspecified atom stereocenters. The Hall–Kier alpha value is -1.96. The number of likely N-dealkylation sites (tertiary alicyclic amines) is 1. The molecule has 2 rings (SSSR count). The number of hydrogen-bond acceptors (Lipinski definition) is 3. The third kappa shape index (κ3) is 5.81. The van der Waals surface area contributed by atoms with Crippen molar-refractivity contribution in [3.05, 3.63) is 46.9 Å². The van der Waals surface area contributed by atoms with Crippen molar-refractivity contribution in [3.8, 4) is 0 Å². The van der Waals surface area contributed by atoms with Crippen LogP contribution in [-0.2, 0) is 9.84 Å². The number of amides is 2. The zero-order chi connectivity index (χ0) is 18.6. The summed E-state index contributed by atoms with van der Waals surface area (Å²) in [5.41, 5.74) is 0.422. The topological polar surface area (TPSA) is 66.5 Å². The molecule has 1 N–H and O–H groups in total. The molecule has 1 aromatic rings. The second-order valence-electron chi connectivity index (χ2n) is 6.43. The van der Waals surface area contributed by atoms with Crippen LogP contribution in [-0.4, -0.2) is 38.7 Å². The van der Waals surface area contributed by atoms with Gasteiger partial charge in [-0.2, -0.15) is 0 Å². The first kappa shape index (κ1) is 19.4. The van der Waals surface area contributed by atoms with E-state index in [9.17, 15) is 22.0 Å². The van der Waals surface area contributed by atoms with E-state index in [1.54, 1.807) is 4.90 Å². The van der Waals surface area contributed by atoms with Crippen LogP contribution in [0.1, 0.15) is 31.4 Å². The van der Waals surface area contributed by atoms with Gasteiger partial charge >= 0.3 is 6.03 Å². The molecule has 0 bridgehead atoms. The van der Waals surface area contributed by atoms with Crippen LogP contribution >= 0.6 is 0 Å². The van der Waals surface area contributed by atoms with E-state index in [0.717, 1.165) is 24.2 Å². The van der Waals surface area contributed by atoms with Gasteiger partial charge < -0.3 is 10.2 Å². The molecular formula is C17H22F2N2O3S. The van der Waals surface area contributed by atoms with Gasteiger partial charge in [0.15, 0.2) is 9.84 Å². The molecule has 0 spiro atoms. The van der Waals surface area contributed by atoms with E-state index in [1.165, 1.54) is 18.2 Å². The highest BCUT2D eigenvalue weighted by Crippen LogP contribution is 2.34. The minimum absolute atomic E-state index is 0.0577. The van der Waals surface area contributed by atoms with Crippen LogP contribution in [0.25, 0.3) is 0 Å². The van der Waals surface area contributed by atoms with E-state index in [0.29, 0.717) is 24.4 Å². The Bertz CT molecular complexity index is 745. The maximum atomic E-state index is 13.5. The standard InChI is InChI=1S/C17H22F2N2O3S/c1-12-4-6-21(17(22)20-5-3-7-25(2,23)24)16(8-12)13-9-14(18)11-15(19)10-13/h3,7,9-12,16H,4-6,8H2,1-2H3,(H,20,22)/b7-3+/t12-,16+/m1/s1. The average Bonchev–Trinajstić information content (AvgIpc) is 2.49. The van der Waals surface area contributed by atoms with Crippen LogP contribution in [0.2, 0.25) is 0 Å². The number of benzene rings is 1. The Morgan fingerprint density at radius 3 is 2.56 bits per heavy atom. The highest BCUT2D eigenvalue weighted by atomic mass is 32.2. The van der Waals surface area contributed by atoms with Crippen LogP contribution < -0.4 is 5.32 Å². The summed E-state index contributed by atoms with van der Waals surface area (Å²) in [6.07, 6.45) is 3.80. The molecule has 138 valence electrons. The van der Waals surface area contributed by atoms with Crippen LogP contribution in [0.3, 0.4) is 0 Å². The van der Waals surface area contributed by atoms with Gasteiger partial charge in [-0.05, 0) is 36.5 Å². The second kappa shape index (κ2) is 7.95. The van der Waals surface area contributed by atoms with E-state index in [2.05, 4.69) is 5.32 Å². The second-order valence-corrected chi connectivity index (χ2v) is 8.36. The van der Waals surface area contributed by atoms with Crippen LogP contribution in [0.4, 0.5) is 13.6 Å². The largest absolute Gasteiger partial charge is 0.334 e. The summed E-state index contributed by atoms with van der Waals surface area (Å²) in [7, 11) is -3.25. The van der Waals surface area contributed by atoms with E-state index >= 15 is 0 Å². The summed E-state index contributed by atoms with van der Waals surface area (Å²) in [6, 6.07) is 2.48. The van der Waals surface area contributed by atoms with E-state index < -0.39 is 27.5 Å². The van der Waals surface area contributed by atoms with Crippen molar-refractivity contribution in [3.63, 3.8) is 0 Å². The monoisotopic (exact) mass is 372 g/mol. The fourth-order valence-electron chi connectivity index (χ4n) is 2.94. The molecule has 0 aromatic heterocycles. The maximum absolute atomic E-state index is 13.5. The summed E-state index contributed by atoms with van der Waals surface area (Å²) in [5.74, 6) is -1.03. The number of carbonyl (C=O) groups is 1. The number of carbonyl (C=O) groups excluding carboxylic acids is 1. The first-order chi connectivity index (χ1) is 11.7. The third-order valence-corrected chi connectivity index (χ3v) is 4.80. The quantitative estimate of drug-likeness (QED) is 0.884. The van der Waals surface area contributed by atoms with E-state index in [-0.39, 0.29) is 12.6 Å². The van der Waals surface area contributed by atoms with Crippen molar-refractivity contribution in [1.29, 1.82) is 0 Å². The lowest BCUT2D eigenvalue weighted by Crippen LogP contribution is -2.46. The van der Waals surface area contributed by atoms with Gasteiger partial charge in [0, 0.05) is 30.8 Å². The highest BCUT2D eigenvalue weighted by Gasteiger charge is 2.31. The zero-order valence-corrected chi connectivity index (χ0v) is 15.0. The molecule has 2 atom stereocenters. The zero-order valence-electron chi connectivity index (χ0n) is 14.2. The summed E-state index contributed by atoms with van der Waals surface area (Å²) < 4.78 is 49.2. The van der Waals surface area contributed by atoms with Gasteiger partial charge in [0.25, 0.3) is 0 Å². The molecule has 1 aromatic carbocycles. The Morgan fingerprint density at radius 1 is 1.32 bits per heavy atom.